The third-order valence-corrected chi connectivity index (χ3v) is 5.99. The van der Waals surface area contributed by atoms with Crippen LogP contribution in [-0.2, 0) is 6.54 Å². The number of piperidine rings is 1. The van der Waals surface area contributed by atoms with Crippen LogP contribution in [0.2, 0.25) is 0 Å². The standard InChI is InChI=1S/C23H25FN8O/c1-33-16-4-5-17(18(24)8-16)19-7-14(20(9-27-19)31-6-2-3-15(25)11-31)10-32-13-30-21-22(26)28-12-29-23(21)32/h4-5,7-9,12-13,15H,2-3,6,10-11,25H2,1H3,(H2,26,28,29)/t15-/m1/s1. The third kappa shape index (κ3) is 4.05. The molecule has 1 fully saturated rings. The van der Waals surface area contributed by atoms with Crippen LogP contribution in [0.15, 0.2) is 43.1 Å². The van der Waals surface area contributed by atoms with Gasteiger partial charge in [0, 0.05) is 30.8 Å². The van der Waals surface area contributed by atoms with Gasteiger partial charge in [0.25, 0.3) is 0 Å². The number of nitrogen functional groups attached to an aromatic ring is 1. The Morgan fingerprint density at radius 3 is 2.85 bits per heavy atom. The second-order valence-electron chi connectivity index (χ2n) is 8.20. The fraction of sp³-hybridized carbons (Fsp3) is 0.304. The SMILES string of the molecule is COc1ccc(-c2cc(Cn3cnc4c(N)ncnc43)c(N3CCC[C@@H](N)C3)cn2)c(F)c1. The summed E-state index contributed by atoms with van der Waals surface area (Å²) in [6.07, 6.45) is 6.92. The predicted molar refractivity (Wildman–Crippen MR) is 124 cm³/mol. The molecule has 4 aromatic rings. The largest absolute Gasteiger partial charge is 0.497 e. The first-order chi connectivity index (χ1) is 16.0. The molecule has 0 aliphatic carbocycles. The summed E-state index contributed by atoms with van der Waals surface area (Å²) >= 11 is 0. The molecule has 3 aromatic heterocycles. The Balaban J connectivity index is 1.59. The quantitative estimate of drug-likeness (QED) is 0.478. The first kappa shape index (κ1) is 21.1. The molecular weight excluding hydrogens is 423 g/mol. The normalized spacial score (nSPS) is 16.3. The third-order valence-electron chi connectivity index (χ3n) is 5.99. The molecule has 1 aliphatic heterocycles. The molecule has 170 valence electrons. The molecular formula is C23H25FN8O. The van der Waals surface area contributed by atoms with E-state index in [-0.39, 0.29) is 6.04 Å². The van der Waals surface area contributed by atoms with E-state index in [1.165, 1.54) is 19.5 Å². The second-order valence-corrected chi connectivity index (χ2v) is 8.20. The van der Waals surface area contributed by atoms with E-state index >= 15 is 0 Å². The highest BCUT2D eigenvalue weighted by Crippen LogP contribution is 2.31. The number of methoxy groups -OCH3 is 1. The summed E-state index contributed by atoms with van der Waals surface area (Å²) in [5.74, 6) is 0.392. The summed E-state index contributed by atoms with van der Waals surface area (Å²) in [6, 6.07) is 6.78. The summed E-state index contributed by atoms with van der Waals surface area (Å²) in [4.78, 5) is 19.6. The number of pyridine rings is 1. The van der Waals surface area contributed by atoms with Gasteiger partial charge in [-0.2, -0.15) is 0 Å². The molecule has 0 unspecified atom stereocenters. The van der Waals surface area contributed by atoms with Crippen LogP contribution in [0.25, 0.3) is 22.4 Å². The summed E-state index contributed by atoms with van der Waals surface area (Å²) in [5, 5.41) is 0. The van der Waals surface area contributed by atoms with Gasteiger partial charge in [0.05, 0.1) is 37.6 Å². The molecule has 0 radical (unpaired) electrons. The minimum Gasteiger partial charge on any atom is -0.497 e. The molecule has 0 bridgehead atoms. The van der Waals surface area contributed by atoms with Crippen LogP contribution in [0.5, 0.6) is 5.75 Å². The average molecular weight is 449 g/mol. The van der Waals surface area contributed by atoms with Gasteiger partial charge in [-0.1, -0.05) is 0 Å². The number of halogens is 1. The van der Waals surface area contributed by atoms with Crippen molar-refractivity contribution in [3.63, 3.8) is 0 Å². The Labute approximate surface area is 190 Å². The van der Waals surface area contributed by atoms with Crippen molar-refractivity contribution in [2.24, 2.45) is 5.73 Å². The van der Waals surface area contributed by atoms with Gasteiger partial charge in [-0.15, -0.1) is 0 Å². The molecule has 1 saturated heterocycles. The van der Waals surface area contributed by atoms with E-state index in [2.05, 4.69) is 24.8 Å². The molecule has 1 aliphatic rings. The first-order valence-corrected chi connectivity index (χ1v) is 10.8. The van der Waals surface area contributed by atoms with E-state index in [0.717, 1.165) is 37.2 Å². The fourth-order valence-electron chi connectivity index (χ4n) is 4.31. The van der Waals surface area contributed by atoms with Crippen LogP contribution in [-0.4, -0.2) is 50.7 Å². The van der Waals surface area contributed by atoms with Crippen LogP contribution in [0, 0.1) is 5.82 Å². The van der Waals surface area contributed by atoms with Crippen LogP contribution in [0.4, 0.5) is 15.9 Å². The van der Waals surface area contributed by atoms with Crippen molar-refractivity contribution in [3.8, 4) is 17.0 Å². The summed E-state index contributed by atoms with van der Waals surface area (Å²) in [5.41, 5.74) is 16.2. The fourth-order valence-corrected chi connectivity index (χ4v) is 4.31. The number of rotatable bonds is 5. The molecule has 5 rings (SSSR count). The number of imidazole rings is 1. The van der Waals surface area contributed by atoms with E-state index < -0.39 is 5.82 Å². The van der Waals surface area contributed by atoms with E-state index in [1.807, 2.05) is 10.6 Å². The summed E-state index contributed by atoms with van der Waals surface area (Å²) < 4.78 is 21.8. The Kier molecular flexibility index (Phi) is 5.51. The Bertz CT molecular complexity index is 1310. The van der Waals surface area contributed by atoms with Crippen LogP contribution in [0.1, 0.15) is 18.4 Å². The maximum Gasteiger partial charge on any atom is 0.165 e. The first-order valence-electron chi connectivity index (χ1n) is 10.8. The smallest absolute Gasteiger partial charge is 0.165 e. The van der Waals surface area contributed by atoms with Crippen molar-refractivity contribution in [2.75, 3.05) is 30.8 Å². The lowest BCUT2D eigenvalue weighted by molar-refractivity contribution is 0.411. The van der Waals surface area contributed by atoms with Gasteiger partial charge in [-0.25, -0.2) is 19.3 Å². The Morgan fingerprint density at radius 1 is 1.18 bits per heavy atom. The Morgan fingerprint density at radius 2 is 2.06 bits per heavy atom. The number of hydrogen-bond donors (Lipinski definition) is 2. The van der Waals surface area contributed by atoms with Crippen molar-refractivity contribution in [3.05, 3.63) is 54.5 Å². The van der Waals surface area contributed by atoms with Crippen LogP contribution in [0.3, 0.4) is 0 Å². The highest BCUT2D eigenvalue weighted by Gasteiger charge is 2.21. The van der Waals surface area contributed by atoms with Crippen molar-refractivity contribution in [1.29, 1.82) is 0 Å². The lowest BCUT2D eigenvalue weighted by atomic mass is 10.0. The molecule has 0 amide bonds. The highest BCUT2D eigenvalue weighted by molar-refractivity contribution is 5.81. The number of anilines is 2. The number of ether oxygens (including phenoxy) is 1. The topological polar surface area (TPSA) is 121 Å². The molecule has 9 nitrogen and oxygen atoms in total. The lowest BCUT2D eigenvalue weighted by Gasteiger charge is -2.34. The zero-order valence-electron chi connectivity index (χ0n) is 18.3. The lowest BCUT2D eigenvalue weighted by Crippen LogP contribution is -2.43. The van der Waals surface area contributed by atoms with Gasteiger partial charge in [-0.05, 0) is 36.6 Å². The molecule has 4 heterocycles. The van der Waals surface area contributed by atoms with Gasteiger partial charge in [-0.3, -0.25) is 4.98 Å². The van der Waals surface area contributed by atoms with Crippen LogP contribution >= 0.6 is 0 Å². The van der Waals surface area contributed by atoms with Gasteiger partial charge in [0.15, 0.2) is 11.5 Å². The number of fused-ring (bicyclic) bond motifs is 1. The van der Waals surface area contributed by atoms with Gasteiger partial charge >= 0.3 is 0 Å². The number of nitrogens with two attached hydrogens (primary N) is 2. The molecule has 0 saturated carbocycles. The zero-order chi connectivity index (χ0) is 22.9. The van der Waals surface area contributed by atoms with Crippen LogP contribution < -0.4 is 21.1 Å². The molecule has 4 N–H and O–H groups in total. The van der Waals surface area contributed by atoms with Gasteiger partial charge < -0.3 is 25.7 Å². The van der Waals surface area contributed by atoms with Crippen molar-refractivity contribution < 1.29 is 9.13 Å². The van der Waals surface area contributed by atoms with E-state index in [9.17, 15) is 4.39 Å². The Hall–Kier alpha value is -3.79. The van der Waals surface area contributed by atoms with Gasteiger partial charge in [0.2, 0.25) is 0 Å². The number of nitrogens with zero attached hydrogens (tertiary/aromatic N) is 6. The predicted octanol–water partition coefficient (Wildman–Crippen LogP) is 2.59. The second kappa shape index (κ2) is 8.62. The van der Waals surface area contributed by atoms with Crippen molar-refractivity contribution in [1.82, 2.24) is 24.5 Å². The molecule has 33 heavy (non-hydrogen) atoms. The zero-order valence-corrected chi connectivity index (χ0v) is 18.3. The molecule has 10 heteroatoms. The van der Waals surface area contributed by atoms with Gasteiger partial charge in [0.1, 0.15) is 23.4 Å². The molecule has 1 aromatic carbocycles. The summed E-state index contributed by atoms with van der Waals surface area (Å²) in [7, 11) is 1.51. The maximum atomic E-state index is 14.8. The molecule has 1 atom stereocenters. The minimum atomic E-state index is -0.394. The van der Waals surface area contributed by atoms with E-state index in [1.54, 1.807) is 24.7 Å². The summed E-state index contributed by atoms with van der Waals surface area (Å²) in [6.45, 7) is 2.09. The average Bonchev–Trinajstić information content (AvgIpc) is 3.23. The highest BCUT2D eigenvalue weighted by atomic mass is 19.1. The number of benzene rings is 1. The maximum absolute atomic E-state index is 14.8. The minimum absolute atomic E-state index is 0.104. The number of hydrogen-bond acceptors (Lipinski definition) is 8. The van der Waals surface area contributed by atoms with Crippen molar-refractivity contribution >= 4 is 22.7 Å². The monoisotopic (exact) mass is 448 g/mol. The molecule has 0 spiro atoms. The van der Waals surface area contributed by atoms with E-state index in [4.69, 9.17) is 16.2 Å². The van der Waals surface area contributed by atoms with E-state index in [0.29, 0.717) is 40.5 Å². The van der Waals surface area contributed by atoms with Crippen molar-refractivity contribution in [2.45, 2.75) is 25.4 Å². The number of aromatic nitrogens is 5.